The number of nitrogen functional groups attached to an aromatic ring is 1. The molecule has 1 aliphatic rings. The molecule has 0 atom stereocenters. The SMILES string of the molecule is Nc1nc(C(=O)NC2CCCCCC2)cs1. The predicted molar refractivity (Wildman–Crippen MR) is 65.5 cm³/mol. The summed E-state index contributed by atoms with van der Waals surface area (Å²) in [6.45, 7) is 0. The Hall–Kier alpha value is -1.10. The van der Waals surface area contributed by atoms with Gasteiger partial charge in [0, 0.05) is 11.4 Å². The summed E-state index contributed by atoms with van der Waals surface area (Å²) < 4.78 is 0. The number of hydrogen-bond donors (Lipinski definition) is 2. The molecule has 2 rings (SSSR count). The van der Waals surface area contributed by atoms with Gasteiger partial charge in [-0.25, -0.2) is 4.98 Å². The lowest BCUT2D eigenvalue weighted by atomic mass is 10.1. The second-order valence-corrected chi connectivity index (χ2v) is 5.12. The molecule has 0 unspecified atom stereocenters. The second kappa shape index (κ2) is 5.30. The highest BCUT2D eigenvalue weighted by Gasteiger charge is 2.17. The predicted octanol–water partition coefficient (Wildman–Crippen LogP) is 2.18. The van der Waals surface area contributed by atoms with E-state index in [2.05, 4.69) is 10.3 Å². The largest absolute Gasteiger partial charge is 0.375 e. The standard InChI is InChI=1S/C11H17N3OS/c12-11-14-9(7-16-11)10(15)13-8-5-3-1-2-4-6-8/h7-8H,1-6H2,(H2,12,14)(H,13,15). The van der Waals surface area contributed by atoms with Crippen LogP contribution >= 0.6 is 11.3 Å². The number of carbonyl (C=O) groups excluding carboxylic acids is 1. The lowest BCUT2D eigenvalue weighted by Gasteiger charge is -2.14. The van der Waals surface area contributed by atoms with E-state index in [1.165, 1.54) is 37.0 Å². The highest BCUT2D eigenvalue weighted by molar-refractivity contribution is 7.13. The van der Waals surface area contributed by atoms with E-state index >= 15 is 0 Å². The molecule has 4 nitrogen and oxygen atoms in total. The van der Waals surface area contributed by atoms with E-state index in [1.807, 2.05) is 0 Å². The van der Waals surface area contributed by atoms with Crippen LogP contribution in [0.3, 0.4) is 0 Å². The average Bonchev–Trinajstić information content (AvgIpc) is 2.54. The molecule has 5 heteroatoms. The molecule has 1 aliphatic carbocycles. The van der Waals surface area contributed by atoms with Crippen molar-refractivity contribution in [1.82, 2.24) is 10.3 Å². The van der Waals surface area contributed by atoms with Gasteiger partial charge in [0.2, 0.25) is 0 Å². The third-order valence-corrected chi connectivity index (χ3v) is 3.62. The minimum absolute atomic E-state index is 0.0835. The summed E-state index contributed by atoms with van der Waals surface area (Å²) >= 11 is 1.30. The molecule has 3 N–H and O–H groups in total. The Kier molecular flexibility index (Phi) is 3.77. The maximum atomic E-state index is 11.8. The molecule has 1 saturated carbocycles. The van der Waals surface area contributed by atoms with Gasteiger partial charge in [-0.05, 0) is 12.8 Å². The van der Waals surface area contributed by atoms with E-state index in [9.17, 15) is 4.79 Å². The zero-order valence-electron chi connectivity index (χ0n) is 9.24. The first kappa shape index (κ1) is 11.4. The van der Waals surface area contributed by atoms with Crippen molar-refractivity contribution in [2.45, 2.75) is 44.6 Å². The van der Waals surface area contributed by atoms with E-state index in [-0.39, 0.29) is 5.91 Å². The van der Waals surface area contributed by atoms with Crippen LogP contribution in [0.25, 0.3) is 0 Å². The van der Waals surface area contributed by atoms with E-state index in [0.29, 0.717) is 16.9 Å². The van der Waals surface area contributed by atoms with Crippen molar-refractivity contribution in [2.75, 3.05) is 5.73 Å². The number of nitrogens with two attached hydrogens (primary N) is 1. The Morgan fingerprint density at radius 2 is 2.06 bits per heavy atom. The van der Waals surface area contributed by atoms with E-state index in [1.54, 1.807) is 5.38 Å². The van der Waals surface area contributed by atoms with Gasteiger partial charge in [-0.2, -0.15) is 0 Å². The third kappa shape index (κ3) is 2.95. The summed E-state index contributed by atoms with van der Waals surface area (Å²) in [5.41, 5.74) is 5.95. The smallest absolute Gasteiger partial charge is 0.271 e. The fourth-order valence-electron chi connectivity index (χ4n) is 2.07. The molecule has 1 fully saturated rings. The van der Waals surface area contributed by atoms with E-state index in [4.69, 9.17) is 5.73 Å². The Balaban J connectivity index is 1.90. The number of nitrogens with one attached hydrogen (secondary N) is 1. The van der Waals surface area contributed by atoms with Gasteiger partial charge in [-0.3, -0.25) is 4.79 Å². The fraction of sp³-hybridized carbons (Fsp3) is 0.636. The molecule has 0 spiro atoms. The van der Waals surface area contributed by atoms with Gasteiger partial charge < -0.3 is 11.1 Å². The van der Waals surface area contributed by atoms with Crippen molar-refractivity contribution < 1.29 is 4.79 Å². The molecule has 1 heterocycles. The van der Waals surface area contributed by atoms with Crippen LogP contribution in [0.5, 0.6) is 0 Å². The number of thiazole rings is 1. The van der Waals surface area contributed by atoms with Gasteiger partial charge in [0.25, 0.3) is 5.91 Å². The Morgan fingerprint density at radius 3 is 2.62 bits per heavy atom. The average molecular weight is 239 g/mol. The zero-order valence-corrected chi connectivity index (χ0v) is 10.1. The number of hydrogen-bond acceptors (Lipinski definition) is 4. The first-order chi connectivity index (χ1) is 7.75. The van der Waals surface area contributed by atoms with Crippen molar-refractivity contribution in [3.63, 3.8) is 0 Å². The number of carbonyl (C=O) groups is 1. The molecular weight excluding hydrogens is 222 g/mol. The first-order valence-electron chi connectivity index (χ1n) is 5.77. The van der Waals surface area contributed by atoms with Crippen LogP contribution < -0.4 is 11.1 Å². The molecule has 16 heavy (non-hydrogen) atoms. The zero-order chi connectivity index (χ0) is 11.4. The molecule has 1 aromatic rings. The van der Waals surface area contributed by atoms with Crippen LogP contribution in [-0.2, 0) is 0 Å². The molecule has 0 aliphatic heterocycles. The number of rotatable bonds is 2. The number of anilines is 1. The fourth-order valence-corrected chi connectivity index (χ4v) is 2.62. The maximum absolute atomic E-state index is 11.8. The summed E-state index contributed by atoms with van der Waals surface area (Å²) in [7, 11) is 0. The molecule has 0 saturated heterocycles. The van der Waals surface area contributed by atoms with Crippen LogP contribution in [-0.4, -0.2) is 16.9 Å². The highest BCUT2D eigenvalue weighted by atomic mass is 32.1. The third-order valence-electron chi connectivity index (χ3n) is 2.94. The minimum Gasteiger partial charge on any atom is -0.375 e. The van der Waals surface area contributed by atoms with Gasteiger partial charge in [-0.15, -0.1) is 11.3 Å². The number of amides is 1. The summed E-state index contributed by atoms with van der Waals surface area (Å²) in [5, 5.41) is 5.20. The molecule has 1 aromatic heterocycles. The highest BCUT2D eigenvalue weighted by Crippen LogP contribution is 2.18. The summed E-state index contributed by atoms with van der Waals surface area (Å²) in [6, 6.07) is 0.318. The second-order valence-electron chi connectivity index (χ2n) is 4.23. The monoisotopic (exact) mass is 239 g/mol. The van der Waals surface area contributed by atoms with Crippen LogP contribution in [0.15, 0.2) is 5.38 Å². The number of nitrogens with zero attached hydrogens (tertiary/aromatic N) is 1. The van der Waals surface area contributed by atoms with Gasteiger partial charge in [0.05, 0.1) is 0 Å². The normalized spacial score (nSPS) is 18.0. The lowest BCUT2D eigenvalue weighted by molar-refractivity contribution is 0.0929. The number of aromatic nitrogens is 1. The van der Waals surface area contributed by atoms with Crippen LogP contribution in [0.2, 0.25) is 0 Å². The van der Waals surface area contributed by atoms with Crippen LogP contribution in [0, 0.1) is 0 Å². The Labute approximate surface area is 99.3 Å². The molecular formula is C11H17N3OS. The molecule has 0 bridgehead atoms. The first-order valence-corrected chi connectivity index (χ1v) is 6.65. The Bertz CT molecular complexity index is 356. The van der Waals surface area contributed by atoms with E-state index < -0.39 is 0 Å². The molecule has 1 amide bonds. The summed E-state index contributed by atoms with van der Waals surface area (Å²) in [6.07, 6.45) is 7.18. The van der Waals surface area contributed by atoms with Gasteiger partial charge in [-0.1, -0.05) is 25.7 Å². The van der Waals surface area contributed by atoms with E-state index in [0.717, 1.165) is 12.8 Å². The Morgan fingerprint density at radius 1 is 1.38 bits per heavy atom. The molecule has 88 valence electrons. The van der Waals surface area contributed by atoms with Crippen molar-refractivity contribution in [3.05, 3.63) is 11.1 Å². The van der Waals surface area contributed by atoms with Gasteiger partial charge >= 0.3 is 0 Å². The summed E-state index contributed by atoms with van der Waals surface area (Å²) in [5.74, 6) is -0.0835. The maximum Gasteiger partial charge on any atom is 0.271 e. The van der Waals surface area contributed by atoms with Crippen molar-refractivity contribution in [3.8, 4) is 0 Å². The van der Waals surface area contributed by atoms with Crippen molar-refractivity contribution >= 4 is 22.4 Å². The molecule has 0 radical (unpaired) electrons. The van der Waals surface area contributed by atoms with Crippen molar-refractivity contribution in [1.29, 1.82) is 0 Å². The van der Waals surface area contributed by atoms with Crippen LogP contribution in [0.1, 0.15) is 49.0 Å². The molecule has 0 aromatic carbocycles. The van der Waals surface area contributed by atoms with Gasteiger partial charge in [0.1, 0.15) is 5.69 Å². The minimum atomic E-state index is -0.0835. The van der Waals surface area contributed by atoms with Crippen LogP contribution in [0.4, 0.5) is 5.13 Å². The topological polar surface area (TPSA) is 68.0 Å². The quantitative estimate of drug-likeness (QED) is 0.777. The van der Waals surface area contributed by atoms with Crippen molar-refractivity contribution in [2.24, 2.45) is 0 Å². The lowest BCUT2D eigenvalue weighted by Crippen LogP contribution is -2.34. The summed E-state index contributed by atoms with van der Waals surface area (Å²) in [4.78, 5) is 15.8. The van der Waals surface area contributed by atoms with Gasteiger partial charge in [0.15, 0.2) is 5.13 Å².